The maximum atomic E-state index is 11.8. The van der Waals surface area contributed by atoms with Crippen molar-refractivity contribution in [2.45, 2.75) is 6.92 Å². The summed E-state index contributed by atoms with van der Waals surface area (Å²) in [5.74, 6) is -2.33. The highest BCUT2D eigenvalue weighted by Gasteiger charge is 2.32. The second kappa shape index (κ2) is 3.38. The molecular weight excluding hydrogens is 194 g/mol. The van der Waals surface area contributed by atoms with E-state index < -0.39 is 11.9 Å². The van der Waals surface area contributed by atoms with Gasteiger partial charge in [-0.2, -0.15) is 0 Å². The zero-order valence-corrected chi connectivity index (χ0v) is 8.28. The minimum Gasteiger partial charge on any atom is -0.481 e. The Morgan fingerprint density at radius 2 is 2.27 bits per heavy atom. The Hall–Kier alpha value is -1.84. The third-order valence-electron chi connectivity index (χ3n) is 2.55. The van der Waals surface area contributed by atoms with Crippen LogP contribution in [0.5, 0.6) is 0 Å². The number of fused-ring (bicyclic) bond motifs is 1. The van der Waals surface area contributed by atoms with Crippen LogP contribution in [0.4, 0.5) is 5.69 Å². The Labute approximate surface area is 86.9 Å². The van der Waals surface area contributed by atoms with E-state index in [2.05, 4.69) is 5.32 Å². The zero-order valence-electron chi connectivity index (χ0n) is 8.28. The number of Topliss-reactive ketones (excluding diaryl/α,β-unsaturated/α-hetero) is 1. The fourth-order valence-corrected chi connectivity index (χ4v) is 1.71. The van der Waals surface area contributed by atoms with E-state index in [1.165, 1.54) is 0 Å². The SMILES string of the molecule is Cc1ccc2c(c1)C(=O)C(C(=O)O)CN2. The standard InChI is InChI=1S/C11H11NO3/c1-6-2-3-9-7(4-6)10(13)8(5-12-9)11(14)15/h2-4,8,12H,5H2,1H3,(H,14,15). The highest BCUT2D eigenvalue weighted by Crippen LogP contribution is 2.25. The van der Waals surface area contributed by atoms with E-state index in [0.29, 0.717) is 5.56 Å². The second-order valence-electron chi connectivity index (χ2n) is 3.69. The summed E-state index contributed by atoms with van der Waals surface area (Å²) < 4.78 is 0. The van der Waals surface area contributed by atoms with E-state index in [4.69, 9.17) is 5.11 Å². The van der Waals surface area contributed by atoms with Gasteiger partial charge in [-0.05, 0) is 19.1 Å². The van der Waals surface area contributed by atoms with Crippen LogP contribution >= 0.6 is 0 Å². The van der Waals surface area contributed by atoms with Crippen LogP contribution in [0.25, 0.3) is 0 Å². The van der Waals surface area contributed by atoms with Crippen molar-refractivity contribution in [2.24, 2.45) is 5.92 Å². The van der Waals surface area contributed by atoms with Gasteiger partial charge in [0.2, 0.25) is 0 Å². The normalized spacial score (nSPS) is 19.3. The van der Waals surface area contributed by atoms with Gasteiger partial charge in [0.1, 0.15) is 5.92 Å². The van der Waals surface area contributed by atoms with Gasteiger partial charge in [-0.3, -0.25) is 9.59 Å². The quantitative estimate of drug-likeness (QED) is 0.678. The summed E-state index contributed by atoms with van der Waals surface area (Å²) in [7, 11) is 0. The number of nitrogens with one attached hydrogen (secondary N) is 1. The molecule has 0 saturated heterocycles. The molecule has 0 aromatic heterocycles. The predicted octanol–water partition coefficient (Wildman–Crippen LogP) is 1.30. The average molecular weight is 205 g/mol. The molecule has 0 saturated carbocycles. The fraction of sp³-hybridized carbons (Fsp3) is 0.273. The number of aliphatic carboxylic acids is 1. The molecule has 1 aliphatic heterocycles. The first kappa shape index (κ1) is 9.71. The summed E-state index contributed by atoms with van der Waals surface area (Å²) in [5.41, 5.74) is 2.16. The number of aryl methyl sites for hydroxylation is 1. The maximum absolute atomic E-state index is 11.8. The van der Waals surface area contributed by atoms with Crippen molar-refractivity contribution >= 4 is 17.4 Å². The maximum Gasteiger partial charge on any atom is 0.316 e. The Morgan fingerprint density at radius 3 is 2.93 bits per heavy atom. The van der Waals surface area contributed by atoms with Crippen LogP contribution in [0.15, 0.2) is 18.2 Å². The van der Waals surface area contributed by atoms with Crippen molar-refractivity contribution in [3.63, 3.8) is 0 Å². The molecule has 0 bridgehead atoms. The van der Waals surface area contributed by atoms with E-state index in [1.54, 1.807) is 12.1 Å². The number of carboxylic acids is 1. The van der Waals surface area contributed by atoms with Crippen LogP contribution in [-0.2, 0) is 4.79 Å². The number of anilines is 1. The lowest BCUT2D eigenvalue weighted by Gasteiger charge is -2.22. The predicted molar refractivity (Wildman–Crippen MR) is 55.1 cm³/mol. The monoisotopic (exact) mass is 205 g/mol. The molecular formula is C11H11NO3. The molecule has 1 aromatic carbocycles. The van der Waals surface area contributed by atoms with Gasteiger partial charge in [0.15, 0.2) is 5.78 Å². The summed E-state index contributed by atoms with van der Waals surface area (Å²) in [4.78, 5) is 22.6. The molecule has 78 valence electrons. The molecule has 2 rings (SSSR count). The highest BCUT2D eigenvalue weighted by molar-refractivity contribution is 6.13. The largest absolute Gasteiger partial charge is 0.481 e. The van der Waals surface area contributed by atoms with Crippen molar-refractivity contribution in [3.05, 3.63) is 29.3 Å². The third-order valence-corrected chi connectivity index (χ3v) is 2.55. The topological polar surface area (TPSA) is 66.4 Å². The van der Waals surface area contributed by atoms with Crippen molar-refractivity contribution in [1.82, 2.24) is 0 Å². The number of carbonyl (C=O) groups excluding carboxylic acids is 1. The summed E-state index contributed by atoms with van der Waals surface area (Å²) in [5, 5.41) is 11.8. The lowest BCUT2D eigenvalue weighted by atomic mass is 9.91. The van der Waals surface area contributed by atoms with Gasteiger partial charge in [-0.25, -0.2) is 0 Å². The van der Waals surface area contributed by atoms with Crippen molar-refractivity contribution in [3.8, 4) is 0 Å². The fourth-order valence-electron chi connectivity index (χ4n) is 1.71. The number of ketones is 1. The number of rotatable bonds is 1. The van der Waals surface area contributed by atoms with Gasteiger partial charge >= 0.3 is 5.97 Å². The molecule has 0 spiro atoms. The van der Waals surface area contributed by atoms with Crippen LogP contribution < -0.4 is 5.32 Å². The second-order valence-corrected chi connectivity index (χ2v) is 3.69. The zero-order chi connectivity index (χ0) is 11.0. The first-order valence-corrected chi connectivity index (χ1v) is 4.71. The number of carbonyl (C=O) groups is 2. The molecule has 1 atom stereocenters. The van der Waals surface area contributed by atoms with Crippen molar-refractivity contribution in [1.29, 1.82) is 0 Å². The van der Waals surface area contributed by atoms with Gasteiger partial charge in [0.05, 0.1) is 0 Å². The van der Waals surface area contributed by atoms with Gasteiger partial charge in [-0.15, -0.1) is 0 Å². The van der Waals surface area contributed by atoms with E-state index >= 15 is 0 Å². The lowest BCUT2D eigenvalue weighted by molar-refractivity contribution is -0.139. The molecule has 4 heteroatoms. The molecule has 0 radical (unpaired) electrons. The first-order valence-electron chi connectivity index (χ1n) is 4.71. The smallest absolute Gasteiger partial charge is 0.316 e. The molecule has 1 aliphatic rings. The molecule has 1 aromatic rings. The summed E-state index contributed by atoms with van der Waals surface area (Å²) in [6.07, 6.45) is 0. The van der Waals surface area contributed by atoms with Crippen LogP contribution in [-0.4, -0.2) is 23.4 Å². The highest BCUT2D eigenvalue weighted by atomic mass is 16.4. The molecule has 1 unspecified atom stereocenters. The molecule has 2 N–H and O–H groups in total. The van der Waals surface area contributed by atoms with Crippen molar-refractivity contribution in [2.75, 3.05) is 11.9 Å². The van der Waals surface area contributed by atoms with Crippen molar-refractivity contribution < 1.29 is 14.7 Å². The minimum absolute atomic E-state index is 0.171. The molecule has 0 aliphatic carbocycles. The Balaban J connectivity index is 2.45. The Morgan fingerprint density at radius 1 is 1.53 bits per heavy atom. The van der Waals surface area contributed by atoms with E-state index in [-0.39, 0.29) is 12.3 Å². The number of carboxylic acid groups (broad SMARTS) is 1. The van der Waals surface area contributed by atoms with Crippen LogP contribution in [0, 0.1) is 12.8 Å². The number of hydrogen-bond donors (Lipinski definition) is 2. The third kappa shape index (κ3) is 1.58. The van der Waals surface area contributed by atoms with Gasteiger partial charge in [0.25, 0.3) is 0 Å². The lowest BCUT2D eigenvalue weighted by Crippen LogP contribution is -2.35. The van der Waals surface area contributed by atoms with Crippen LogP contribution in [0.2, 0.25) is 0 Å². The molecule has 0 fully saturated rings. The Bertz CT molecular complexity index is 439. The van der Waals surface area contributed by atoms with Gasteiger partial charge < -0.3 is 10.4 Å². The molecule has 1 heterocycles. The van der Waals surface area contributed by atoms with Crippen LogP contribution in [0.1, 0.15) is 15.9 Å². The minimum atomic E-state index is -1.07. The Kier molecular flexibility index (Phi) is 2.19. The average Bonchev–Trinajstić information content (AvgIpc) is 2.19. The van der Waals surface area contributed by atoms with Gasteiger partial charge in [-0.1, -0.05) is 11.6 Å². The number of benzene rings is 1. The summed E-state index contributed by atoms with van der Waals surface area (Å²) >= 11 is 0. The first-order chi connectivity index (χ1) is 7.09. The van der Waals surface area contributed by atoms with Gasteiger partial charge in [0, 0.05) is 17.8 Å². The molecule has 4 nitrogen and oxygen atoms in total. The molecule has 15 heavy (non-hydrogen) atoms. The number of hydrogen-bond acceptors (Lipinski definition) is 3. The summed E-state index contributed by atoms with van der Waals surface area (Å²) in [6.45, 7) is 2.04. The van der Waals surface area contributed by atoms with E-state index in [9.17, 15) is 9.59 Å². The molecule has 0 amide bonds. The van der Waals surface area contributed by atoms with E-state index in [0.717, 1.165) is 11.3 Å². The summed E-state index contributed by atoms with van der Waals surface area (Å²) in [6, 6.07) is 5.42. The van der Waals surface area contributed by atoms with Crippen LogP contribution in [0.3, 0.4) is 0 Å². The van der Waals surface area contributed by atoms with E-state index in [1.807, 2.05) is 13.0 Å².